The van der Waals surface area contributed by atoms with Crippen LogP contribution in [0.1, 0.15) is 31.1 Å². The molecule has 0 unspecified atom stereocenters. The average Bonchev–Trinajstić information content (AvgIpc) is 3.43. The first-order valence-corrected chi connectivity index (χ1v) is 9.06. The number of halogens is 2. The normalized spacial score (nSPS) is 14.0. The second-order valence-corrected chi connectivity index (χ2v) is 6.48. The Kier molecular flexibility index (Phi) is 7.88. The van der Waals surface area contributed by atoms with Gasteiger partial charge in [0.2, 0.25) is 5.91 Å². The SMILES string of the molecule is CCNC(=NCc1oc2ccc(F)cc2c1C)NCCNC(=O)C1CC1.I. The summed E-state index contributed by atoms with van der Waals surface area (Å²) in [5.41, 5.74) is 1.56. The zero-order valence-corrected chi connectivity index (χ0v) is 17.9. The van der Waals surface area contributed by atoms with Crippen molar-refractivity contribution in [2.45, 2.75) is 33.2 Å². The molecule has 0 radical (unpaired) electrons. The maximum Gasteiger partial charge on any atom is 0.223 e. The molecule has 1 aromatic carbocycles. The highest BCUT2D eigenvalue weighted by atomic mass is 127. The molecular weight excluding hydrogens is 462 g/mol. The summed E-state index contributed by atoms with van der Waals surface area (Å²) in [4.78, 5) is 16.1. The second kappa shape index (κ2) is 9.91. The molecule has 1 aromatic heterocycles. The van der Waals surface area contributed by atoms with Gasteiger partial charge in [-0.25, -0.2) is 9.38 Å². The van der Waals surface area contributed by atoms with Gasteiger partial charge in [-0.05, 0) is 44.9 Å². The molecular formula is C19H26FIN4O2. The zero-order valence-electron chi connectivity index (χ0n) is 15.6. The van der Waals surface area contributed by atoms with Crippen LogP contribution in [0.15, 0.2) is 27.6 Å². The first-order chi connectivity index (χ1) is 12.6. The van der Waals surface area contributed by atoms with Gasteiger partial charge in [-0.15, -0.1) is 24.0 Å². The van der Waals surface area contributed by atoms with Crippen LogP contribution in [0.25, 0.3) is 11.0 Å². The summed E-state index contributed by atoms with van der Waals surface area (Å²) in [5.74, 6) is 1.44. The van der Waals surface area contributed by atoms with Gasteiger partial charge in [-0.1, -0.05) is 0 Å². The molecule has 1 fully saturated rings. The summed E-state index contributed by atoms with van der Waals surface area (Å²) >= 11 is 0. The molecule has 0 atom stereocenters. The van der Waals surface area contributed by atoms with E-state index in [9.17, 15) is 9.18 Å². The fraction of sp³-hybridized carbons (Fsp3) is 0.474. The van der Waals surface area contributed by atoms with Gasteiger partial charge in [-0.3, -0.25) is 4.79 Å². The minimum absolute atomic E-state index is 0. The van der Waals surface area contributed by atoms with E-state index in [1.807, 2.05) is 13.8 Å². The highest BCUT2D eigenvalue weighted by molar-refractivity contribution is 14.0. The van der Waals surface area contributed by atoms with Crippen LogP contribution in [0, 0.1) is 18.7 Å². The van der Waals surface area contributed by atoms with Gasteiger partial charge < -0.3 is 20.4 Å². The predicted octanol–water partition coefficient (Wildman–Crippen LogP) is 3.08. The summed E-state index contributed by atoms with van der Waals surface area (Å²) in [6.07, 6.45) is 2.01. The van der Waals surface area contributed by atoms with Crippen molar-refractivity contribution in [3.8, 4) is 0 Å². The number of guanidine groups is 1. The third-order valence-corrected chi connectivity index (χ3v) is 4.39. The highest BCUT2D eigenvalue weighted by Gasteiger charge is 2.28. The van der Waals surface area contributed by atoms with Gasteiger partial charge in [0.1, 0.15) is 23.7 Å². The number of carbonyl (C=O) groups excluding carboxylic acids is 1. The topological polar surface area (TPSA) is 78.7 Å². The van der Waals surface area contributed by atoms with Gasteiger partial charge in [0, 0.05) is 36.5 Å². The predicted molar refractivity (Wildman–Crippen MR) is 115 cm³/mol. The molecule has 1 heterocycles. The number of aliphatic imine (C=N–C) groups is 1. The number of aryl methyl sites for hydroxylation is 1. The minimum atomic E-state index is -0.278. The number of furan rings is 1. The van der Waals surface area contributed by atoms with Crippen LogP contribution in [0.4, 0.5) is 4.39 Å². The molecule has 148 valence electrons. The number of rotatable bonds is 7. The van der Waals surface area contributed by atoms with Crippen LogP contribution in [0.2, 0.25) is 0 Å². The summed E-state index contributed by atoms with van der Waals surface area (Å²) in [6.45, 7) is 6.12. The lowest BCUT2D eigenvalue weighted by atomic mass is 10.1. The van der Waals surface area contributed by atoms with Crippen LogP contribution in [0.3, 0.4) is 0 Å². The molecule has 1 amide bonds. The lowest BCUT2D eigenvalue weighted by Gasteiger charge is -2.11. The van der Waals surface area contributed by atoms with Crippen molar-refractivity contribution in [3.05, 3.63) is 35.3 Å². The van der Waals surface area contributed by atoms with Crippen LogP contribution in [-0.2, 0) is 11.3 Å². The molecule has 0 aliphatic heterocycles. The molecule has 27 heavy (non-hydrogen) atoms. The van der Waals surface area contributed by atoms with E-state index in [1.54, 1.807) is 6.07 Å². The Morgan fingerprint density at radius 2 is 2.00 bits per heavy atom. The zero-order chi connectivity index (χ0) is 18.5. The van der Waals surface area contributed by atoms with Crippen molar-refractivity contribution in [1.82, 2.24) is 16.0 Å². The lowest BCUT2D eigenvalue weighted by molar-refractivity contribution is -0.122. The Bertz CT molecular complexity index is 817. The van der Waals surface area contributed by atoms with Gasteiger partial charge in [0.25, 0.3) is 0 Å². The molecule has 6 nitrogen and oxygen atoms in total. The van der Waals surface area contributed by atoms with E-state index in [2.05, 4.69) is 20.9 Å². The number of carbonyl (C=O) groups is 1. The van der Waals surface area contributed by atoms with Crippen LogP contribution in [0.5, 0.6) is 0 Å². The van der Waals surface area contributed by atoms with Crippen molar-refractivity contribution in [2.75, 3.05) is 19.6 Å². The van der Waals surface area contributed by atoms with E-state index in [-0.39, 0.29) is 41.6 Å². The molecule has 0 saturated heterocycles. The number of hydrogen-bond acceptors (Lipinski definition) is 3. The maximum absolute atomic E-state index is 13.4. The van der Waals surface area contributed by atoms with Gasteiger partial charge in [-0.2, -0.15) is 0 Å². The third kappa shape index (κ3) is 5.82. The standard InChI is InChI=1S/C19H25FN4O2.HI/c1-3-21-19(23-9-8-22-18(25)13-4-5-13)24-11-17-12(2)15-10-14(20)6-7-16(15)26-17;/h6-7,10,13H,3-5,8-9,11H2,1-2H3,(H,22,25)(H2,21,23,24);1H. The number of hydrogen-bond donors (Lipinski definition) is 3. The first-order valence-electron chi connectivity index (χ1n) is 9.06. The van der Waals surface area contributed by atoms with Crippen molar-refractivity contribution in [3.63, 3.8) is 0 Å². The number of amides is 1. The fourth-order valence-electron chi connectivity index (χ4n) is 2.74. The van der Waals surface area contributed by atoms with Gasteiger partial charge in [0.05, 0.1) is 0 Å². The number of fused-ring (bicyclic) bond motifs is 1. The second-order valence-electron chi connectivity index (χ2n) is 6.48. The van der Waals surface area contributed by atoms with E-state index in [4.69, 9.17) is 4.42 Å². The Morgan fingerprint density at radius 3 is 2.70 bits per heavy atom. The summed E-state index contributed by atoms with van der Waals surface area (Å²) in [7, 11) is 0. The van der Waals surface area contributed by atoms with Crippen LogP contribution >= 0.6 is 24.0 Å². The fourth-order valence-corrected chi connectivity index (χ4v) is 2.74. The Hall–Kier alpha value is -1.84. The molecule has 2 aromatic rings. The monoisotopic (exact) mass is 488 g/mol. The molecule has 1 aliphatic carbocycles. The molecule has 0 bridgehead atoms. The van der Waals surface area contributed by atoms with Gasteiger partial charge in [0.15, 0.2) is 5.96 Å². The number of nitrogens with one attached hydrogen (secondary N) is 3. The highest BCUT2D eigenvalue weighted by Crippen LogP contribution is 2.28. The van der Waals surface area contributed by atoms with E-state index in [0.717, 1.165) is 30.3 Å². The molecule has 3 rings (SSSR count). The number of benzene rings is 1. The largest absolute Gasteiger partial charge is 0.459 e. The van der Waals surface area contributed by atoms with Crippen LogP contribution < -0.4 is 16.0 Å². The summed E-state index contributed by atoms with van der Waals surface area (Å²) in [6, 6.07) is 4.50. The molecule has 3 N–H and O–H groups in total. The van der Waals surface area contributed by atoms with Crippen molar-refractivity contribution in [1.29, 1.82) is 0 Å². The Morgan fingerprint density at radius 1 is 1.26 bits per heavy atom. The molecule has 1 saturated carbocycles. The van der Waals surface area contributed by atoms with Crippen molar-refractivity contribution in [2.24, 2.45) is 10.9 Å². The maximum atomic E-state index is 13.4. The molecule has 0 spiro atoms. The van der Waals surface area contributed by atoms with Crippen molar-refractivity contribution >= 4 is 46.8 Å². The van der Waals surface area contributed by atoms with Crippen LogP contribution in [-0.4, -0.2) is 31.5 Å². The van der Waals surface area contributed by atoms with Gasteiger partial charge >= 0.3 is 0 Å². The summed E-state index contributed by atoms with van der Waals surface area (Å²) < 4.78 is 19.2. The van der Waals surface area contributed by atoms with Crippen molar-refractivity contribution < 1.29 is 13.6 Å². The number of nitrogens with zero attached hydrogens (tertiary/aromatic N) is 1. The Labute approximate surface area is 175 Å². The minimum Gasteiger partial charge on any atom is -0.459 e. The Balaban J connectivity index is 0.00000261. The molecule has 1 aliphatic rings. The smallest absolute Gasteiger partial charge is 0.223 e. The van der Waals surface area contributed by atoms with E-state index in [1.165, 1.54) is 12.1 Å². The molecule has 8 heteroatoms. The van der Waals surface area contributed by atoms with E-state index in [0.29, 0.717) is 36.9 Å². The summed E-state index contributed by atoms with van der Waals surface area (Å²) in [5, 5.41) is 10.0. The first kappa shape index (κ1) is 21.5. The van der Waals surface area contributed by atoms with E-state index < -0.39 is 0 Å². The lowest BCUT2D eigenvalue weighted by Crippen LogP contribution is -2.41. The average molecular weight is 488 g/mol. The van der Waals surface area contributed by atoms with E-state index >= 15 is 0 Å². The third-order valence-electron chi connectivity index (χ3n) is 4.39. The quantitative estimate of drug-likeness (QED) is 0.242.